The Morgan fingerprint density at radius 3 is 2.58 bits per heavy atom. The van der Waals surface area contributed by atoms with E-state index in [4.69, 9.17) is 4.74 Å². The summed E-state index contributed by atoms with van der Waals surface area (Å²) in [5.74, 6) is 1.02. The molecule has 1 aromatic rings. The molecule has 132 valence electrons. The second-order valence-electron chi connectivity index (χ2n) is 6.63. The minimum Gasteiger partial charge on any atom is -0.469 e. The van der Waals surface area contributed by atoms with Crippen LogP contribution in [0.4, 0.5) is 0 Å². The van der Waals surface area contributed by atoms with E-state index in [0.29, 0.717) is 24.4 Å². The van der Waals surface area contributed by atoms with Gasteiger partial charge in [0.25, 0.3) is 0 Å². The van der Waals surface area contributed by atoms with E-state index in [1.807, 2.05) is 4.68 Å². The van der Waals surface area contributed by atoms with Crippen molar-refractivity contribution in [2.24, 2.45) is 17.8 Å². The predicted molar refractivity (Wildman–Crippen MR) is 85.0 cm³/mol. The van der Waals surface area contributed by atoms with Crippen molar-refractivity contribution >= 4 is 11.9 Å². The van der Waals surface area contributed by atoms with Gasteiger partial charge in [0.1, 0.15) is 0 Å². The number of esters is 2. The number of aryl methyl sites for hydroxylation is 2. The number of hydrogen-bond donors (Lipinski definition) is 0. The molecule has 1 saturated carbocycles. The van der Waals surface area contributed by atoms with Gasteiger partial charge in [-0.15, -0.1) is 5.10 Å². The van der Waals surface area contributed by atoms with Crippen molar-refractivity contribution in [3.05, 3.63) is 11.4 Å². The number of aromatic nitrogens is 3. The van der Waals surface area contributed by atoms with Crippen LogP contribution in [0.5, 0.6) is 0 Å². The fourth-order valence-corrected chi connectivity index (χ4v) is 3.89. The van der Waals surface area contributed by atoms with Crippen molar-refractivity contribution in [3.8, 4) is 0 Å². The quantitative estimate of drug-likeness (QED) is 0.733. The number of fused-ring (bicyclic) bond motifs is 2. The van der Waals surface area contributed by atoms with Crippen molar-refractivity contribution < 1.29 is 19.1 Å². The van der Waals surface area contributed by atoms with E-state index in [0.717, 1.165) is 37.9 Å². The average molecular weight is 335 g/mol. The maximum Gasteiger partial charge on any atom is 0.306 e. The summed E-state index contributed by atoms with van der Waals surface area (Å²) < 4.78 is 11.9. The first kappa shape index (κ1) is 16.9. The minimum absolute atomic E-state index is 0.0847. The number of hydrogen-bond acceptors (Lipinski definition) is 6. The van der Waals surface area contributed by atoms with E-state index in [1.165, 1.54) is 12.8 Å². The maximum atomic E-state index is 11.7. The molecular weight excluding hydrogens is 310 g/mol. The second kappa shape index (κ2) is 7.32. The molecule has 7 heteroatoms. The van der Waals surface area contributed by atoms with Crippen LogP contribution in [-0.2, 0) is 38.4 Å². The van der Waals surface area contributed by atoms with Gasteiger partial charge in [0.05, 0.1) is 37.9 Å². The highest BCUT2D eigenvalue weighted by Gasteiger charge is 2.50. The lowest BCUT2D eigenvalue weighted by molar-refractivity contribution is -0.149. The molecule has 2 aliphatic rings. The molecule has 0 saturated heterocycles. The van der Waals surface area contributed by atoms with Crippen molar-refractivity contribution in [1.29, 1.82) is 0 Å². The first-order valence-corrected chi connectivity index (χ1v) is 8.77. The van der Waals surface area contributed by atoms with E-state index < -0.39 is 0 Å². The highest BCUT2D eigenvalue weighted by atomic mass is 16.5. The first-order chi connectivity index (χ1) is 11.6. The summed E-state index contributed by atoms with van der Waals surface area (Å²) in [6.07, 6.45) is 4.34. The van der Waals surface area contributed by atoms with Crippen LogP contribution in [0.2, 0.25) is 0 Å². The maximum absolute atomic E-state index is 11.7. The van der Waals surface area contributed by atoms with E-state index in [9.17, 15) is 9.59 Å². The Morgan fingerprint density at radius 1 is 1.17 bits per heavy atom. The van der Waals surface area contributed by atoms with Crippen LogP contribution in [0.1, 0.15) is 44.0 Å². The molecule has 2 aliphatic carbocycles. The lowest BCUT2D eigenvalue weighted by Gasteiger charge is -2.09. The Morgan fingerprint density at radius 2 is 1.88 bits per heavy atom. The molecule has 1 fully saturated rings. The van der Waals surface area contributed by atoms with E-state index in [2.05, 4.69) is 22.0 Å². The fourth-order valence-electron chi connectivity index (χ4n) is 3.89. The molecule has 24 heavy (non-hydrogen) atoms. The third-order valence-corrected chi connectivity index (χ3v) is 5.35. The van der Waals surface area contributed by atoms with Crippen LogP contribution in [0, 0.1) is 17.8 Å². The number of carbonyl (C=O) groups is 2. The molecule has 0 radical (unpaired) electrons. The molecule has 0 aliphatic heterocycles. The molecule has 0 N–H and O–H groups in total. The van der Waals surface area contributed by atoms with E-state index >= 15 is 0 Å². The van der Waals surface area contributed by atoms with Gasteiger partial charge >= 0.3 is 11.9 Å². The van der Waals surface area contributed by atoms with Crippen LogP contribution >= 0.6 is 0 Å². The van der Waals surface area contributed by atoms with E-state index in [1.54, 1.807) is 0 Å². The van der Waals surface area contributed by atoms with Gasteiger partial charge in [-0.3, -0.25) is 9.59 Å². The van der Waals surface area contributed by atoms with Gasteiger partial charge in [-0.25, -0.2) is 4.68 Å². The van der Waals surface area contributed by atoms with Crippen molar-refractivity contribution in [2.75, 3.05) is 13.7 Å². The monoisotopic (exact) mass is 335 g/mol. The molecule has 3 unspecified atom stereocenters. The summed E-state index contributed by atoms with van der Waals surface area (Å²) in [5.41, 5.74) is 2.41. The van der Waals surface area contributed by atoms with Gasteiger partial charge in [-0.1, -0.05) is 5.21 Å². The fraction of sp³-hybridized carbons (Fsp3) is 0.765. The highest BCUT2D eigenvalue weighted by Crippen LogP contribution is 2.52. The molecule has 7 nitrogen and oxygen atoms in total. The molecule has 3 rings (SSSR count). The molecule has 0 spiro atoms. The highest BCUT2D eigenvalue weighted by molar-refractivity contribution is 5.77. The van der Waals surface area contributed by atoms with Gasteiger partial charge in [0.2, 0.25) is 0 Å². The van der Waals surface area contributed by atoms with Crippen LogP contribution in [-0.4, -0.2) is 40.6 Å². The Labute approximate surface area is 141 Å². The zero-order chi connectivity index (χ0) is 17.1. The predicted octanol–water partition coefficient (Wildman–Crippen LogP) is 1.54. The molecule has 1 aromatic heterocycles. The Hall–Kier alpha value is -1.92. The SMILES string of the molecule is CCn1nnc2c1CCC1C(CC2)C1COC(=O)CCC(=O)OC. The lowest BCUT2D eigenvalue weighted by atomic mass is 10.0. The standard InChI is InChI=1S/C17H25N3O4/c1-3-20-15-7-5-12-11(4-6-14(15)18-19-20)13(12)10-24-17(22)9-8-16(21)23-2/h11-13H,3-10H2,1-2H3. The minimum atomic E-state index is -0.379. The zero-order valence-electron chi connectivity index (χ0n) is 14.4. The second-order valence-corrected chi connectivity index (χ2v) is 6.63. The number of methoxy groups -OCH3 is 1. The molecule has 1 heterocycles. The third kappa shape index (κ3) is 3.60. The van der Waals surface area contributed by atoms with Crippen molar-refractivity contribution in [1.82, 2.24) is 15.0 Å². The average Bonchev–Trinajstić information content (AvgIpc) is 3.08. The first-order valence-electron chi connectivity index (χ1n) is 8.77. The molecule has 0 amide bonds. The van der Waals surface area contributed by atoms with Gasteiger partial charge in [-0.05, 0) is 50.4 Å². The van der Waals surface area contributed by atoms with Crippen LogP contribution in [0.15, 0.2) is 0 Å². The summed E-state index contributed by atoms with van der Waals surface area (Å²) in [6.45, 7) is 3.42. The Bertz CT molecular complexity index is 613. The van der Waals surface area contributed by atoms with Gasteiger partial charge < -0.3 is 9.47 Å². The Kier molecular flexibility index (Phi) is 5.16. The van der Waals surface area contributed by atoms with Crippen LogP contribution < -0.4 is 0 Å². The molecule has 0 bridgehead atoms. The van der Waals surface area contributed by atoms with Crippen molar-refractivity contribution in [3.63, 3.8) is 0 Å². The summed E-state index contributed by atoms with van der Waals surface area (Å²) in [5, 5.41) is 8.53. The van der Waals surface area contributed by atoms with Crippen LogP contribution in [0.25, 0.3) is 0 Å². The van der Waals surface area contributed by atoms with Gasteiger partial charge in [0, 0.05) is 6.54 Å². The largest absolute Gasteiger partial charge is 0.469 e. The lowest BCUT2D eigenvalue weighted by Crippen LogP contribution is -2.11. The van der Waals surface area contributed by atoms with Gasteiger partial charge in [-0.2, -0.15) is 0 Å². The molecular formula is C17H25N3O4. The molecule has 0 aromatic carbocycles. The van der Waals surface area contributed by atoms with Gasteiger partial charge in [0.15, 0.2) is 0 Å². The normalized spacial score (nSPS) is 25.0. The molecule has 3 atom stereocenters. The summed E-state index contributed by atoms with van der Waals surface area (Å²) in [7, 11) is 1.32. The summed E-state index contributed by atoms with van der Waals surface area (Å²) in [4.78, 5) is 22.7. The van der Waals surface area contributed by atoms with Crippen LogP contribution in [0.3, 0.4) is 0 Å². The number of rotatable bonds is 6. The topological polar surface area (TPSA) is 83.3 Å². The summed E-state index contributed by atoms with van der Waals surface area (Å²) in [6, 6.07) is 0. The Balaban J connectivity index is 1.46. The van der Waals surface area contributed by atoms with E-state index in [-0.39, 0.29) is 24.8 Å². The summed E-state index contributed by atoms with van der Waals surface area (Å²) >= 11 is 0. The van der Waals surface area contributed by atoms with Crippen molar-refractivity contribution in [2.45, 2.75) is 52.0 Å². The number of ether oxygens (including phenoxy) is 2. The number of carbonyl (C=O) groups excluding carboxylic acids is 2. The zero-order valence-corrected chi connectivity index (χ0v) is 14.4. The number of nitrogens with zero attached hydrogens (tertiary/aromatic N) is 3. The third-order valence-electron chi connectivity index (χ3n) is 5.35. The smallest absolute Gasteiger partial charge is 0.306 e.